The van der Waals surface area contributed by atoms with Gasteiger partial charge in [-0.25, -0.2) is 0 Å². The van der Waals surface area contributed by atoms with Gasteiger partial charge in [-0.05, 0) is 26.7 Å². The SMILES string of the molecule is COC1CCN(C2(CN)CCN(C(C)C)C2)C1. The Morgan fingerprint density at radius 3 is 2.65 bits per heavy atom. The van der Waals surface area contributed by atoms with E-state index < -0.39 is 0 Å². The highest BCUT2D eigenvalue weighted by Gasteiger charge is 2.44. The summed E-state index contributed by atoms with van der Waals surface area (Å²) in [7, 11) is 1.82. The Morgan fingerprint density at radius 1 is 1.41 bits per heavy atom. The number of hydrogen-bond donors (Lipinski definition) is 1. The van der Waals surface area contributed by atoms with Crippen LogP contribution in [0.25, 0.3) is 0 Å². The van der Waals surface area contributed by atoms with Gasteiger partial charge in [-0.15, -0.1) is 0 Å². The zero-order chi connectivity index (χ0) is 12.5. The van der Waals surface area contributed by atoms with Gasteiger partial charge in [0, 0.05) is 51.4 Å². The molecule has 0 aromatic carbocycles. The van der Waals surface area contributed by atoms with Crippen molar-refractivity contribution in [2.45, 2.75) is 44.4 Å². The Balaban J connectivity index is 2.01. The third-order valence-electron chi connectivity index (χ3n) is 4.62. The molecule has 4 nitrogen and oxygen atoms in total. The molecule has 0 bridgehead atoms. The molecule has 0 spiro atoms. The summed E-state index contributed by atoms with van der Waals surface area (Å²) in [4.78, 5) is 5.12. The van der Waals surface area contributed by atoms with Crippen LogP contribution in [0, 0.1) is 0 Å². The van der Waals surface area contributed by atoms with E-state index in [1.54, 1.807) is 0 Å². The van der Waals surface area contributed by atoms with Crippen molar-refractivity contribution in [2.24, 2.45) is 5.73 Å². The quantitative estimate of drug-likeness (QED) is 0.779. The molecule has 0 radical (unpaired) electrons. The summed E-state index contributed by atoms with van der Waals surface area (Å²) in [6, 6.07) is 0.629. The number of likely N-dealkylation sites (tertiary alicyclic amines) is 2. The summed E-state index contributed by atoms with van der Waals surface area (Å²) in [5.41, 5.74) is 6.29. The van der Waals surface area contributed by atoms with Crippen molar-refractivity contribution in [2.75, 3.05) is 39.8 Å². The second kappa shape index (κ2) is 5.22. The van der Waals surface area contributed by atoms with E-state index in [0.717, 1.165) is 32.6 Å². The lowest BCUT2D eigenvalue weighted by Gasteiger charge is -2.38. The molecule has 0 amide bonds. The van der Waals surface area contributed by atoms with Crippen molar-refractivity contribution in [3.8, 4) is 0 Å². The van der Waals surface area contributed by atoms with E-state index >= 15 is 0 Å². The van der Waals surface area contributed by atoms with Crippen LogP contribution < -0.4 is 5.73 Å². The van der Waals surface area contributed by atoms with Crippen LogP contribution >= 0.6 is 0 Å². The molecule has 17 heavy (non-hydrogen) atoms. The van der Waals surface area contributed by atoms with Gasteiger partial charge in [0.05, 0.1) is 6.10 Å². The fraction of sp³-hybridized carbons (Fsp3) is 1.00. The van der Waals surface area contributed by atoms with Crippen molar-refractivity contribution in [3.05, 3.63) is 0 Å². The Labute approximate surface area is 105 Å². The van der Waals surface area contributed by atoms with Crippen LogP contribution in [-0.4, -0.2) is 67.3 Å². The molecule has 100 valence electrons. The molecule has 2 heterocycles. The minimum absolute atomic E-state index is 0.206. The van der Waals surface area contributed by atoms with Crippen molar-refractivity contribution < 1.29 is 4.74 Å². The fourth-order valence-electron chi connectivity index (χ4n) is 3.23. The maximum Gasteiger partial charge on any atom is 0.0710 e. The maximum absolute atomic E-state index is 6.09. The van der Waals surface area contributed by atoms with E-state index in [1.807, 2.05) is 7.11 Å². The fourth-order valence-corrected chi connectivity index (χ4v) is 3.23. The number of hydrogen-bond acceptors (Lipinski definition) is 4. The Morgan fingerprint density at radius 2 is 2.18 bits per heavy atom. The summed E-state index contributed by atoms with van der Waals surface area (Å²) in [5, 5.41) is 0. The van der Waals surface area contributed by atoms with Gasteiger partial charge in [-0.3, -0.25) is 9.80 Å². The zero-order valence-electron chi connectivity index (χ0n) is 11.5. The summed E-state index contributed by atoms with van der Waals surface area (Å²) < 4.78 is 5.47. The van der Waals surface area contributed by atoms with E-state index in [1.165, 1.54) is 13.0 Å². The van der Waals surface area contributed by atoms with Gasteiger partial charge in [0.1, 0.15) is 0 Å². The van der Waals surface area contributed by atoms with E-state index in [-0.39, 0.29) is 5.54 Å². The second-order valence-corrected chi connectivity index (χ2v) is 5.84. The summed E-state index contributed by atoms with van der Waals surface area (Å²) >= 11 is 0. The largest absolute Gasteiger partial charge is 0.380 e. The van der Waals surface area contributed by atoms with Gasteiger partial charge in [-0.1, -0.05) is 0 Å². The molecule has 2 fully saturated rings. The normalized spacial score (nSPS) is 36.2. The molecule has 0 saturated carbocycles. The molecular formula is C13H27N3O. The number of nitrogens with two attached hydrogens (primary N) is 1. The van der Waals surface area contributed by atoms with E-state index in [2.05, 4.69) is 23.6 Å². The molecule has 2 N–H and O–H groups in total. The monoisotopic (exact) mass is 241 g/mol. The predicted molar refractivity (Wildman–Crippen MR) is 70.1 cm³/mol. The first-order valence-electron chi connectivity index (χ1n) is 6.83. The third-order valence-corrected chi connectivity index (χ3v) is 4.62. The van der Waals surface area contributed by atoms with E-state index in [0.29, 0.717) is 12.1 Å². The van der Waals surface area contributed by atoms with Crippen LogP contribution in [0.2, 0.25) is 0 Å². The number of ether oxygens (including phenoxy) is 1. The first-order valence-corrected chi connectivity index (χ1v) is 6.83. The predicted octanol–water partition coefficient (Wildman–Crippen LogP) is 0.519. The Hall–Kier alpha value is -0.160. The number of methoxy groups -OCH3 is 1. The second-order valence-electron chi connectivity index (χ2n) is 5.84. The molecule has 2 aliphatic rings. The van der Waals surface area contributed by atoms with Gasteiger partial charge in [0.15, 0.2) is 0 Å². The van der Waals surface area contributed by atoms with Crippen molar-refractivity contribution >= 4 is 0 Å². The minimum atomic E-state index is 0.206. The summed E-state index contributed by atoms with van der Waals surface area (Å²) in [5.74, 6) is 0. The Kier molecular flexibility index (Phi) is 4.08. The topological polar surface area (TPSA) is 41.7 Å². The lowest BCUT2D eigenvalue weighted by atomic mass is 9.96. The van der Waals surface area contributed by atoms with Gasteiger partial charge in [0.2, 0.25) is 0 Å². The van der Waals surface area contributed by atoms with E-state index in [4.69, 9.17) is 10.5 Å². The smallest absolute Gasteiger partial charge is 0.0710 e. The number of rotatable bonds is 4. The highest BCUT2D eigenvalue weighted by atomic mass is 16.5. The van der Waals surface area contributed by atoms with Crippen LogP contribution in [0.15, 0.2) is 0 Å². The van der Waals surface area contributed by atoms with Gasteiger partial charge < -0.3 is 10.5 Å². The van der Waals surface area contributed by atoms with Crippen molar-refractivity contribution in [1.82, 2.24) is 9.80 Å². The standard InChI is InChI=1S/C13H27N3O/c1-11(2)15-7-5-13(9-14,10-15)16-6-4-12(8-16)17-3/h11-12H,4-10,14H2,1-3H3. The van der Waals surface area contributed by atoms with Gasteiger partial charge in [-0.2, -0.15) is 0 Å². The molecule has 2 aliphatic heterocycles. The van der Waals surface area contributed by atoms with Crippen molar-refractivity contribution in [3.63, 3.8) is 0 Å². The van der Waals surface area contributed by atoms with Crippen LogP contribution in [0.5, 0.6) is 0 Å². The highest BCUT2D eigenvalue weighted by Crippen LogP contribution is 2.31. The molecule has 0 aliphatic carbocycles. The van der Waals surface area contributed by atoms with Gasteiger partial charge in [0.25, 0.3) is 0 Å². The maximum atomic E-state index is 6.09. The first kappa shape index (κ1) is 13.3. The first-order chi connectivity index (χ1) is 8.11. The minimum Gasteiger partial charge on any atom is -0.380 e. The third kappa shape index (κ3) is 2.50. The average Bonchev–Trinajstić information content (AvgIpc) is 2.96. The molecular weight excluding hydrogens is 214 g/mol. The van der Waals surface area contributed by atoms with Crippen LogP contribution in [-0.2, 0) is 4.74 Å². The molecule has 2 saturated heterocycles. The van der Waals surface area contributed by atoms with Crippen LogP contribution in [0.3, 0.4) is 0 Å². The molecule has 2 rings (SSSR count). The number of nitrogens with zero attached hydrogens (tertiary/aromatic N) is 2. The van der Waals surface area contributed by atoms with Crippen LogP contribution in [0.4, 0.5) is 0 Å². The zero-order valence-corrected chi connectivity index (χ0v) is 11.5. The molecule has 0 aromatic heterocycles. The lowest BCUT2D eigenvalue weighted by molar-refractivity contribution is 0.0740. The molecule has 2 atom stereocenters. The van der Waals surface area contributed by atoms with E-state index in [9.17, 15) is 0 Å². The molecule has 2 unspecified atom stereocenters. The summed E-state index contributed by atoms with van der Waals surface area (Å²) in [6.07, 6.45) is 2.77. The molecule has 0 aromatic rings. The molecule has 4 heteroatoms. The van der Waals surface area contributed by atoms with Crippen molar-refractivity contribution in [1.29, 1.82) is 0 Å². The van der Waals surface area contributed by atoms with Gasteiger partial charge >= 0.3 is 0 Å². The van der Waals surface area contributed by atoms with Crippen LogP contribution in [0.1, 0.15) is 26.7 Å². The highest BCUT2D eigenvalue weighted by molar-refractivity contribution is 5.03. The Bertz CT molecular complexity index is 259. The average molecular weight is 241 g/mol. The lowest BCUT2D eigenvalue weighted by Crippen LogP contribution is -2.55. The summed E-state index contributed by atoms with van der Waals surface area (Å²) in [6.45, 7) is 9.82.